The van der Waals surface area contributed by atoms with E-state index in [2.05, 4.69) is 9.97 Å². The molecule has 2 heterocycles. The summed E-state index contributed by atoms with van der Waals surface area (Å²) < 4.78 is 1.94. The minimum absolute atomic E-state index is 0.132. The smallest absolute Gasteiger partial charge is 0.272 e. The average molecular weight is 303 g/mol. The van der Waals surface area contributed by atoms with Crippen molar-refractivity contribution in [1.82, 2.24) is 19.4 Å². The molecule has 0 saturated carbocycles. The molecule has 3 aromatic rings. The first kappa shape index (κ1) is 13.8. The van der Waals surface area contributed by atoms with Gasteiger partial charge in [-0.25, -0.2) is 9.97 Å². The van der Waals surface area contributed by atoms with Gasteiger partial charge in [0, 0.05) is 31.6 Å². The van der Waals surface area contributed by atoms with Crippen molar-refractivity contribution in [2.45, 2.75) is 6.92 Å². The Kier molecular flexibility index (Phi) is 3.10. The molecule has 0 aliphatic carbocycles. The lowest BCUT2D eigenvalue weighted by atomic mass is 10.1. The van der Waals surface area contributed by atoms with Crippen LogP contribution in [-0.2, 0) is 7.05 Å². The van der Waals surface area contributed by atoms with E-state index in [0.29, 0.717) is 16.5 Å². The van der Waals surface area contributed by atoms with Crippen molar-refractivity contribution < 1.29 is 4.79 Å². The second-order valence-corrected chi connectivity index (χ2v) is 5.67. The number of rotatable bonds is 1. The molecule has 0 fully saturated rings. The molecular weight excluding hydrogens is 288 g/mol. The Bertz CT molecular complexity index is 882. The van der Waals surface area contributed by atoms with Crippen LogP contribution in [0.25, 0.3) is 21.9 Å². The number of hydrogen-bond acceptors (Lipinski definition) is 3. The minimum Gasteiger partial charge on any atom is -0.343 e. The van der Waals surface area contributed by atoms with E-state index < -0.39 is 0 Å². The van der Waals surface area contributed by atoms with E-state index in [1.807, 2.05) is 29.8 Å². The summed E-state index contributed by atoms with van der Waals surface area (Å²) in [5.74, 6) is 0.442. The molecule has 1 aromatic carbocycles. The number of hydrogen-bond donors (Lipinski definition) is 0. The van der Waals surface area contributed by atoms with Gasteiger partial charge in [-0.15, -0.1) is 0 Å². The van der Waals surface area contributed by atoms with Crippen molar-refractivity contribution in [1.29, 1.82) is 0 Å². The molecule has 6 heteroatoms. The van der Waals surface area contributed by atoms with Crippen molar-refractivity contribution in [3.63, 3.8) is 0 Å². The summed E-state index contributed by atoms with van der Waals surface area (Å²) in [6, 6.07) is 5.59. The molecule has 0 N–H and O–H groups in total. The second-order valence-electron chi connectivity index (χ2n) is 5.24. The van der Waals surface area contributed by atoms with Crippen LogP contribution in [0, 0.1) is 6.92 Å². The Hall–Kier alpha value is -2.14. The third-order valence-corrected chi connectivity index (χ3v) is 3.75. The third-order valence-electron chi connectivity index (χ3n) is 3.52. The van der Waals surface area contributed by atoms with Crippen LogP contribution in [0.15, 0.2) is 18.2 Å². The SMILES string of the molecule is Cc1nc(C(=O)N(C)C)c2c3ccc(Cl)cc3n(C)c2n1. The third kappa shape index (κ3) is 2.05. The van der Waals surface area contributed by atoms with Crippen LogP contribution in [0.4, 0.5) is 0 Å². The molecule has 21 heavy (non-hydrogen) atoms. The Morgan fingerprint density at radius 2 is 2.00 bits per heavy atom. The summed E-state index contributed by atoms with van der Waals surface area (Å²) in [5, 5.41) is 2.36. The summed E-state index contributed by atoms with van der Waals surface area (Å²) in [4.78, 5) is 22.8. The van der Waals surface area contributed by atoms with E-state index in [0.717, 1.165) is 21.9 Å². The van der Waals surface area contributed by atoms with Gasteiger partial charge in [0.15, 0.2) is 0 Å². The molecule has 0 saturated heterocycles. The maximum atomic E-state index is 12.4. The van der Waals surface area contributed by atoms with Gasteiger partial charge < -0.3 is 9.47 Å². The van der Waals surface area contributed by atoms with Crippen LogP contribution in [0.1, 0.15) is 16.3 Å². The minimum atomic E-state index is -0.132. The van der Waals surface area contributed by atoms with Gasteiger partial charge in [0.1, 0.15) is 17.2 Å². The summed E-state index contributed by atoms with van der Waals surface area (Å²) in [5.41, 5.74) is 2.10. The zero-order chi connectivity index (χ0) is 15.3. The standard InChI is InChI=1S/C15H15ClN4O/c1-8-17-13(15(21)19(2)3)12-10-6-5-9(16)7-11(10)20(4)14(12)18-8/h5-7H,1-4H3. The first-order chi connectivity index (χ1) is 9.90. The lowest BCUT2D eigenvalue weighted by Crippen LogP contribution is -2.23. The van der Waals surface area contributed by atoms with Crippen LogP contribution in [0.3, 0.4) is 0 Å². The molecular formula is C15H15ClN4O. The molecule has 1 amide bonds. The lowest BCUT2D eigenvalue weighted by molar-refractivity contribution is 0.0823. The van der Waals surface area contributed by atoms with E-state index in [1.165, 1.54) is 4.90 Å². The Morgan fingerprint density at radius 1 is 1.29 bits per heavy atom. The summed E-state index contributed by atoms with van der Waals surface area (Å²) in [6.45, 7) is 1.79. The number of nitrogens with zero attached hydrogens (tertiary/aromatic N) is 4. The number of fused-ring (bicyclic) bond motifs is 3. The highest BCUT2D eigenvalue weighted by molar-refractivity contribution is 6.31. The van der Waals surface area contributed by atoms with Gasteiger partial charge in [0.25, 0.3) is 5.91 Å². The van der Waals surface area contributed by atoms with Crippen molar-refractivity contribution in [3.8, 4) is 0 Å². The Balaban J connectivity index is 2.52. The van der Waals surface area contributed by atoms with E-state index in [4.69, 9.17) is 11.6 Å². The highest BCUT2D eigenvalue weighted by Gasteiger charge is 2.21. The van der Waals surface area contributed by atoms with Crippen LogP contribution >= 0.6 is 11.6 Å². The average Bonchev–Trinajstić information content (AvgIpc) is 2.70. The fourth-order valence-corrected chi connectivity index (χ4v) is 2.69. The van der Waals surface area contributed by atoms with Crippen molar-refractivity contribution in [3.05, 3.63) is 34.7 Å². The number of aryl methyl sites for hydroxylation is 2. The highest BCUT2D eigenvalue weighted by Crippen LogP contribution is 2.31. The summed E-state index contributed by atoms with van der Waals surface area (Å²) in [7, 11) is 5.35. The van der Waals surface area contributed by atoms with Gasteiger partial charge in [0.2, 0.25) is 0 Å². The van der Waals surface area contributed by atoms with E-state index >= 15 is 0 Å². The molecule has 0 unspecified atom stereocenters. The molecule has 108 valence electrons. The molecule has 0 atom stereocenters. The van der Waals surface area contributed by atoms with Gasteiger partial charge in [-0.05, 0) is 19.1 Å². The number of halogens is 1. The molecule has 2 aromatic heterocycles. The van der Waals surface area contributed by atoms with E-state index in [1.54, 1.807) is 21.0 Å². The molecule has 0 aliphatic rings. The molecule has 0 bridgehead atoms. The van der Waals surface area contributed by atoms with Crippen LogP contribution < -0.4 is 0 Å². The Morgan fingerprint density at radius 3 is 2.67 bits per heavy atom. The van der Waals surface area contributed by atoms with E-state index in [9.17, 15) is 4.79 Å². The predicted molar refractivity (Wildman–Crippen MR) is 83.8 cm³/mol. The quantitative estimate of drug-likeness (QED) is 0.694. The molecule has 3 rings (SSSR count). The fourth-order valence-electron chi connectivity index (χ4n) is 2.52. The number of benzene rings is 1. The van der Waals surface area contributed by atoms with Crippen LogP contribution in [-0.4, -0.2) is 39.4 Å². The maximum Gasteiger partial charge on any atom is 0.272 e. The van der Waals surface area contributed by atoms with Gasteiger partial charge in [-0.1, -0.05) is 17.7 Å². The van der Waals surface area contributed by atoms with Crippen LogP contribution in [0.5, 0.6) is 0 Å². The largest absolute Gasteiger partial charge is 0.343 e. The number of carbonyl (C=O) groups is 1. The normalized spacial score (nSPS) is 11.3. The van der Waals surface area contributed by atoms with Crippen molar-refractivity contribution in [2.24, 2.45) is 7.05 Å². The fraction of sp³-hybridized carbons (Fsp3) is 0.267. The van der Waals surface area contributed by atoms with Gasteiger partial charge in [-0.3, -0.25) is 4.79 Å². The Labute approximate surface area is 127 Å². The van der Waals surface area contributed by atoms with Gasteiger partial charge in [0.05, 0.1) is 10.9 Å². The lowest BCUT2D eigenvalue weighted by Gasteiger charge is -2.11. The number of amides is 1. The first-order valence-corrected chi connectivity index (χ1v) is 6.92. The molecule has 0 spiro atoms. The summed E-state index contributed by atoms with van der Waals surface area (Å²) >= 11 is 6.08. The zero-order valence-corrected chi connectivity index (χ0v) is 13.1. The van der Waals surface area contributed by atoms with Crippen molar-refractivity contribution in [2.75, 3.05) is 14.1 Å². The second kappa shape index (κ2) is 4.70. The monoisotopic (exact) mass is 302 g/mol. The molecule has 5 nitrogen and oxygen atoms in total. The predicted octanol–water partition coefficient (Wildman–Crippen LogP) is 2.79. The zero-order valence-electron chi connectivity index (χ0n) is 12.3. The van der Waals surface area contributed by atoms with Crippen LogP contribution in [0.2, 0.25) is 5.02 Å². The maximum absolute atomic E-state index is 12.4. The number of aromatic nitrogens is 3. The molecule has 0 radical (unpaired) electrons. The van der Waals surface area contributed by atoms with E-state index in [-0.39, 0.29) is 5.91 Å². The molecule has 0 aliphatic heterocycles. The van der Waals surface area contributed by atoms with Gasteiger partial charge >= 0.3 is 0 Å². The first-order valence-electron chi connectivity index (χ1n) is 6.54. The summed E-state index contributed by atoms with van der Waals surface area (Å²) in [6.07, 6.45) is 0. The highest BCUT2D eigenvalue weighted by atomic mass is 35.5. The van der Waals surface area contributed by atoms with Crippen molar-refractivity contribution >= 4 is 39.4 Å². The topological polar surface area (TPSA) is 51.0 Å². The number of carbonyl (C=O) groups excluding carboxylic acids is 1. The van der Waals surface area contributed by atoms with Gasteiger partial charge in [-0.2, -0.15) is 0 Å².